The van der Waals surface area contributed by atoms with Gasteiger partial charge in [0.2, 0.25) is 5.91 Å². The normalized spacial score (nSPS) is 22.7. The molecule has 3 nitrogen and oxygen atoms in total. The van der Waals surface area contributed by atoms with Gasteiger partial charge < -0.3 is 11.1 Å². The molecule has 1 saturated carbocycles. The molecule has 0 heterocycles. The first-order chi connectivity index (χ1) is 8.35. The fourth-order valence-corrected chi connectivity index (χ4v) is 2.33. The van der Waals surface area contributed by atoms with Crippen LogP contribution in [0.5, 0.6) is 0 Å². The highest BCUT2D eigenvalue weighted by molar-refractivity contribution is 6.30. The van der Waals surface area contributed by atoms with Crippen molar-refractivity contribution in [1.82, 2.24) is 5.32 Å². The van der Waals surface area contributed by atoms with Gasteiger partial charge in [-0.25, -0.2) is 0 Å². The van der Waals surface area contributed by atoms with E-state index in [0.29, 0.717) is 12.3 Å². The lowest BCUT2D eigenvalue weighted by Crippen LogP contribution is -2.39. The third-order valence-corrected chi connectivity index (χ3v) is 3.26. The van der Waals surface area contributed by atoms with E-state index in [4.69, 9.17) is 17.3 Å². The van der Waals surface area contributed by atoms with E-state index in [1.165, 1.54) is 5.56 Å². The maximum atomic E-state index is 11.7. The molecular weight excluding hydrogens is 248 g/mol. The monoisotopic (exact) mass is 266 g/mol. The number of hydrogen-bond donors (Lipinski definition) is 2. The van der Waals surface area contributed by atoms with Crippen LogP contribution in [-0.2, 0) is 4.79 Å². The summed E-state index contributed by atoms with van der Waals surface area (Å²) in [6, 6.07) is 8.05. The van der Waals surface area contributed by atoms with Gasteiger partial charge in [0.05, 0.1) is 0 Å². The van der Waals surface area contributed by atoms with E-state index < -0.39 is 5.54 Å². The van der Waals surface area contributed by atoms with Crippen molar-refractivity contribution in [3.05, 3.63) is 34.9 Å². The molecular formula is C14H19ClN2O. The van der Waals surface area contributed by atoms with E-state index in [-0.39, 0.29) is 11.9 Å². The summed E-state index contributed by atoms with van der Waals surface area (Å²) in [5.74, 6) is 0.422. The van der Waals surface area contributed by atoms with Gasteiger partial charge in [-0.1, -0.05) is 23.7 Å². The smallest absolute Gasteiger partial charge is 0.222 e. The van der Waals surface area contributed by atoms with E-state index >= 15 is 0 Å². The van der Waals surface area contributed by atoms with Gasteiger partial charge in [0.15, 0.2) is 0 Å². The Morgan fingerprint density at radius 3 is 2.89 bits per heavy atom. The second-order valence-electron chi connectivity index (χ2n) is 5.74. The lowest BCUT2D eigenvalue weighted by atomic mass is 10.0. The summed E-state index contributed by atoms with van der Waals surface area (Å²) >= 11 is 5.95. The number of rotatable bonds is 4. The van der Waals surface area contributed by atoms with Gasteiger partial charge in [0.1, 0.15) is 0 Å². The topological polar surface area (TPSA) is 55.1 Å². The molecule has 1 aliphatic carbocycles. The number of nitrogens with two attached hydrogens (primary N) is 1. The van der Waals surface area contributed by atoms with Crippen LogP contribution in [0, 0.1) is 0 Å². The van der Waals surface area contributed by atoms with E-state index in [2.05, 4.69) is 11.4 Å². The number of amides is 1. The van der Waals surface area contributed by atoms with Crippen LogP contribution in [0.25, 0.3) is 0 Å². The van der Waals surface area contributed by atoms with Crippen molar-refractivity contribution >= 4 is 17.5 Å². The maximum absolute atomic E-state index is 11.7. The molecule has 4 heteroatoms. The van der Waals surface area contributed by atoms with Crippen LogP contribution < -0.4 is 11.1 Å². The van der Waals surface area contributed by atoms with Crippen molar-refractivity contribution < 1.29 is 4.79 Å². The summed E-state index contributed by atoms with van der Waals surface area (Å²) in [5, 5.41) is 3.76. The molecule has 18 heavy (non-hydrogen) atoms. The molecule has 0 bridgehead atoms. The second kappa shape index (κ2) is 4.90. The maximum Gasteiger partial charge on any atom is 0.222 e. The van der Waals surface area contributed by atoms with Crippen molar-refractivity contribution in [3.8, 4) is 0 Å². The molecule has 2 rings (SSSR count). The summed E-state index contributed by atoms with van der Waals surface area (Å²) in [6.07, 6.45) is 1.34. The Kier molecular flexibility index (Phi) is 3.64. The lowest BCUT2D eigenvalue weighted by Gasteiger charge is -2.17. The predicted molar refractivity (Wildman–Crippen MR) is 73.6 cm³/mol. The molecule has 0 aliphatic heterocycles. The Bertz CT molecular complexity index is 453. The molecule has 3 N–H and O–H groups in total. The fraction of sp³-hybridized carbons (Fsp3) is 0.500. The molecule has 1 fully saturated rings. The Labute approximate surface area is 113 Å². The van der Waals surface area contributed by atoms with Gasteiger partial charge in [0, 0.05) is 28.9 Å². The highest BCUT2D eigenvalue weighted by Crippen LogP contribution is 2.41. The number of benzene rings is 1. The average molecular weight is 267 g/mol. The number of carbonyl (C=O) groups is 1. The molecule has 98 valence electrons. The van der Waals surface area contributed by atoms with Crippen LogP contribution in [0.2, 0.25) is 5.02 Å². The molecule has 1 aliphatic rings. The minimum Gasteiger partial charge on any atom is -0.353 e. The molecule has 0 spiro atoms. The van der Waals surface area contributed by atoms with Gasteiger partial charge in [-0.15, -0.1) is 0 Å². The third-order valence-electron chi connectivity index (χ3n) is 3.03. The van der Waals surface area contributed by atoms with E-state index in [0.717, 1.165) is 11.4 Å². The van der Waals surface area contributed by atoms with Crippen LogP contribution in [0.15, 0.2) is 24.3 Å². The number of carbonyl (C=O) groups excluding carboxylic acids is 1. The van der Waals surface area contributed by atoms with E-state index in [1.54, 1.807) is 0 Å². The first kappa shape index (κ1) is 13.4. The minimum absolute atomic E-state index is 0.0250. The lowest BCUT2D eigenvalue weighted by molar-refractivity contribution is -0.122. The van der Waals surface area contributed by atoms with Crippen LogP contribution in [-0.4, -0.2) is 17.5 Å². The van der Waals surface area contributed by atoms with Crippen LogP contribution >= 0.6 is 11.6 Å². The quantitative estimate of drug-likeness (QED) is 0.880. The van der Waals surface area contributed by atoms with Crippen molar-refractivity contribution in [2.24, 2.45) is 5.73 Å². The van der Waals surface area contributed by atoms with Crippen molar-refractivity contribution in [1.29, 1.82) is 0 Å². The highest BCUT2D eigenvalue weighted by Gasteiger charge is 2.39. The zero-order valence-corrected chi connectivity index (χ0v) is 11.5. The zero-order valence-electron chi connectivity index (χ0n) is 10.7. The highest BCUT2D eigenvalue weighted by atomic mass is 35.5. The summed E-state index contributed by atoms with van der Waals surface area (Å²) in [7, 11) is 0. The molecule has 1 aromatic carbocycles. The summed E-state index contributed by atoms with van der Waals surface area (Å²) < 4.78 is 0. The van der Waals surface area contributed by atoms with E-state index in [9.17, 15) is 4.79 Å². The molecule has 2 unspecified atom stereocenters. The molecule has 0 saturated heterocycles. The van der Waals surface area contributed by atoms with Gasteiger partial charge >= 0.3 is 0 Å². The standard InChI is InChI=1S/C14H19ClN2O/c1-14(2,16)8-13(18)17-12-7-11(12)9-4-3-5-10(15)6-9/h3-6,11-12H,7-8,16H2,1-2H3,(H,17,18). The van der Waals surface area contributed by atoms with Crippen LogP contribution in [0.4, 0.5) is 0 Å². The SMILES string of the molecule is CC(C)(N)CC(=O)NC1CC1c1cccc(Cl)c1. The Hall–Kier alpha value is -1.06. The molecule has 2 atom stereocenters. The summed E-state index contributed by atoms with van der Waals surface area (Å²) in [5.41, 5.74) is 6.56. The van der Waals surface area contributed by atoms with Gasteiger partial charge in [-0.05, 0) is 38.0 Å². The number of nitrogens with one attached hydrogen (secondary N) is 1. The molecule has 1 aromatic rings. The Morgan fingerprint density at radius 1 is 1.56 bits per heavy atom. The minimum atomic E-state index is -0.454. The predicted octanol–water partition coefficient (Wildman–Crippen LogP) is 2.44. The molecule has 0 radical (unpaired) electrons. The van der Waals surface area contributed by atoms with Gasteiger partial charge in [0.25, 0.3) is 0 Å². The summed E-state index contributed by atoms with van der Waals surface area (Å²) in [4.78, 5) is 11.7. The van der Waals surface area contributed by atoms with Crippen molar-refractivity contribution in [2.45, 2.75) is 44.2 Å². The number of halogens is 1. The number of hydrogen-bond acceptors (Lipinski definition) is 2. The van der Waals surface area contributed by atoms with Gasteiger partial charge in [-0.3, -0.25) is 4.79 Å². The third kappa shape index (κ3) is 3.72. The molecule has 1 amide bonds. The largest absolute Gasteiger partial charge is 0.353 e. The van der Waals surface area contributed by atoms with Gasteiger partial charge in [-0.2, -0.15) is 0 Å². The van der Waals surface area contributed by atoms with Crippen LogP contribution in [0.3, 0.4) is 0 Å². The fourth-order valence-electron chi connectivity index (χ4n) is 2.13. The van der Waals surface area contributed by atoms with Crippen LogP contribution in [0.1, 0.15) is 38.2 Å². The Balaban J connectivity index is 1.87. The Morgan fingerprint density at radius 2 is 2.28 bits per heavy atom. The zero-order chi connectivity index (χ0) is 13.3. The first-order valence-corrected chi connectivity index (χ1v) is 6.57. The molecule has 0 aromatic heterocycles. The second-order valence-corrected chi connectivity index (χ2v) is 6.17. The first-order valence-electron chi connectivity index (χ1n) is 6.19. The van der Waals surface area contributed by atoms with Crippen molar-refractivity contribution in [2.75, 3.05) is 0 Å². The average Bonchev–Trinajstić information content (AvgIpc) is 2.93. The van der Waals surface area contributed by atoms with Crippen molar-refractivity contribution in [3.63, 3.8) is 0 Å². The summed E-state index contributed by atoms with van der Waals surface area (Å²) in [6.45, 7) is 3.71. The van der Waals surface area contributed by atoms with E-state index in [1.807, 2.05) is 32.0 Å².